The number of nitrogens with two attached hydrogens (primary N) is 1. The fourth-order valence-electron chi connectivity index (χ4n) is 1.74. The van der Waals surface area contributed by atoms with E-state index in [0.29, 0.717) is 18.8 Å². The lowest BCUT2D eigenvalue weighted by atomic mass is 10.2. The zero-order valence-corrected chi connectivity index (χ0v) is 7.80. The molecule has 0 unspecified atom stereocenters. The Kier molecular flexibility index (Phi) is 2.31. The molecule has 76 valence electrons. The van der Waals surface area contributed by atoms with Gasteiger partial charge in [-0.05, 0) is 12.1 Å². The average Bonchev–Trinajstić information content (AvgIpc) is 2.48. The molecule has 0 aromatic heterocycles. The molecule has 14 heavy (non-hydrogen) atoms. The van der Waals surface area contributed by atoms with Gasteiger partial charge in [0.15, 0.2) is 0 Å². The second kappa shape index (κ2) is 3.48. The fraction of sp³-hybridized carbons (Fsp3) is 0.400. The number of para-hydroxylation sites is 2. The van der Waals surface area contributed by atoms with Gasteiger partial charge in [-0.3, -0.25) is 0 Å². The molecule has 0 amide bonds. The van der Waals surface area contributed by atoms with Gasteiger partial charge in [0.05, 0.1) is 23.6 Å². The van der Waals surface area contributed by atoms with Crippen LogP contribution in [0, 0.1) is 0 Å². The Morgan fingerprint density at radius 3 is 2.29 bits per heavy atom. The van der Waals surface area contributed by atoms with Gasteiger partial charge in [0, 0.05) is 13.1 Å². The van der Waals surface area contributed by atoms with Crippen molar-refractivity contribution < 1.29 is 10.2 Å². The molecular formula is C10H14N2O2. The van der Waals surface area contributed by atoms with Gasteiger partial charge in [-0.15, -0.1) is 0 Å². The number of benzene rings is 1. The van der Waals surface area contributed by atoms with Crippen LogP contribution in [0.2, 0.25) is 0 Å². The van der Waals surface area contributed by atoms with Crippen LogP contribution in [0.5, 0.6) is 0 Å². The van der Waals surface area contributed by atoms with Crippen molar-refractivity contribution in [3.63, 3.8) is 0 Å². The summed E-state index contributed by atoms with van der Waals surface area (Å²) in [6.07, 6.45) is -1.34. The average molecular weight is 194 g/mol. The van der Waals surface area contributed by atoms with Crippen molar-refractivity contribution >= 4 is 11.4 Å². The smallest absolute Gasteiger partial charge is 0.0990 e. The van der Waals surface area contributed by atoms with E-state index >= 15 is 0 Å². The Labute approximate surface area is 82.6 Å². The molecule has 0 radical (unpaired) electrons. The molecule has 1 aliphatic rings. The van der Waals surface area contributed by atoms with Crippen molar-refractivity contribution in [2.75, 3.05) is 23.7 Å². The van der Waals surface area contributed by atoms with E-state index in [9.17, 15) is 10.2 Å². The molecule has 1 aliphatic heterocycles. The van der Waals surface area contributed by atoms with E-state index in [2.05, 4.69) is 0 Å². The summed E-state index contributed by atoms with van der Waals surface area (Å²) in [7, 11) is 0. The molecule has 1 aromatic carbocycles. The standard InChI is InChI=1S/C10H14N2O2/c11-7-3-1-2-4-8(7)12-5-9(13)10(14)6-12/h1-4,9-10,13-14H,5-6,11H2/t9-,10+. The maximum absolute atomic E-state index is 9.39. The van der Waals surface area contributed by atoms with Crippen LogP contribution in [-0.2, 0) is 0 Å². The predicted molar refractivity (Wildman–Crippen MR) is 55.1 cm³/mol. The van der Waals surface area contributed by atoms with Crippen molar-refractivity contribution in [3.8, 4) is 0 Å². The molecule has 0 bridgehead atoms. The summed E-state index contributed by atoms with van der Waals surface area (Å²) in [4.78, 5) is 1.89. The van der Waals surface area contributed by atoms with Crippen molar-refractivity contribution in [1.29, 1.82) is 0 Å². The Bertz CT molecular complexity index is 320. The minimum atomic E-state index is -0.672. The van der Waals surface area contributed by atoms with Crippen LogP contribution in [0.4, 0.5) is 11.4 Å². The first-order valence-electron chi connectivity index (χ1n) is 4.64. The molecule has 4 heteroatoms. The first-order valence-corrected chi connectivity index (χ1v) is 4.64. The summed E-state index contributed by atoms with van der Waals surface area (Å²) in [5.74, 6) is 0. The first-order chi connectivity index (χ1) is 6.68. The highest BCUT2D eigenvalue weighted by Gasteiger charge is 2.30. The zero-order chi connectivity index (χ0) is 10.1. The SMILES string of the molecule is Nc1ccccc1N1C[C@@H](O)[C@@H](O)C1. The van der Waals surface area contributed by atoms with E-state index in [-0.39, 0.29) is 0 Å². The number of hydrogen-bond donors (Lipinski definition) is 3. The van der Waals surface area contributed by atoms with Crippen molar-refractivity contribution in [2.24, 2.45) is 0 Å². The number of aliphatic hydroxyl groups excluding tert-OH is 2. The van der Waals surface area contributed by atoms with Gasteiger partial charge in [-0.2, -0.15) is 0 Å². The van der Waals surface area contributed by atoms with Gasteiger partial charge in [0.2, 0.25) is 0 Å². The minimum absolute atomic E-state index is 0.440. The van der Waals surface area contributed by atoms with Crippen molar-refractivity contribution in [1.82, 2.24) is 0 Å². The zero-order valence-electron chi connectivity index (χ0n) is 7.80. The highest BCUT2D eigenvalue weighted by atomic mass is 16.3. The van der Waals surface area contributed by atoms with E-state index in [1.165, 1.54) is 0 Å². The van der Waals surface area contributed by atoms with E-state index in [1.807, 2.05) is 29.2 Å². The van der Waals surface area contributed by atoms with Gasteiger partial charge in [-0.25, -0.2) is 0 Å². The van der Waals surface area contributed by atoms with Gasteiger partial charge in [0.25, 0.3) is 0 Å². The van der Waals surface area contributed by atoms with Crippen LogP contribution < -0.4 is 10.6 Å². The Balaban J connectivity index is 2.21. The molecule has 4 nitrogen and oxygen atoms in total. The number of anilines is 2. The van der Waals surface area contributed by atoms with Crippen LogP contribution in [0.3, 0.4) is 0 Å². The highest BCUT2D eigenvalue weighted by molar-refractivity contribution is 5.67. The minimum Gasteiger partial charge on any atom is -0.397 e. The number of β-amino-alcohol motifs (C(OH)–C–C–N with tert-alkyl or cyclic N) is 2. The van der Waals surface area contributed by atoms with E-state index in [0.717, 1.165) is 5.69 Å². The molecule has 0 spiro atoms. The topological polar surface area (TPSA) is 69.7 Å². The Morgan fingerprint density at radius 1 is 1.14 bits per heavy atom. The third kappa shape index (κ3) is 1.54. The molecule has 4 N–H and O–H groups in total. The number of rotatable bonds is 1. The lowest BCUT2D eigenvalue weighted by Gasteiger charge is -2.19. The lowest BCUT2D eigenvalue weighted by Crippen LogP contribution is -2.22. The number of nitrogens with zero attached hydrogens (tertiary/aromatic N) is 1. The molecular weight excluding hydrogens is 180 g/mol. The molecule has 2 atom stereocenters. The Morgan fingerprint density at radius 2 is 1.71 bits per heavy atom. The second-order valence-electron chi connectivity index (χ2n) is 3.60. The summed E-state index contributed by atoms with van der Waals surface area (Å²) in [5, 5.41) is 18.8. The molecule has 1 heterocycles. The molecule has 0 saturated carbocycles. The lowest BCUT2D eigenvalue weighted by molar-refractivity contribution is 0.0572. The van der Waals surface area contributed by atoms with Crippen LogP contribution in [0.15, 0.2) is 24.3 Å². The van der Waals surface area contributed by atoms with Gasteiger partial charge in [0.1, 0.15) is 0 Å². The predicted octanol–water partition coefficient (Wildman–Crippen LogP) is -0.189. The maximum Gasteiger partial charge on any atom is 0.0990 e. The monoisotopic (exact) mass is 194 g/mol. The molecule has 1 fully saturated rings. The van der Waals surface area contributed by atoms with Crippen LogP contribution in [0.1, 0.15) is 0 Å². The molecule has 1 saturated heterocycles. The van der Waals surface area contributed by atoms with Crippen molar-refractivity contribution in [3.05, 3.63) is 24.3 Å². The first kappa shape index (κ1) is 9.30. The molecule has 2 rings (SSSR count). The van der Waals surface area contributed by atoms with Gasteiger partial charge >= 0.3 is 0 Å². The van der Waals surface area contributed by atoms with Gasteiger partial charge < -0.3 is 20.8 Å². The number of aliphatic hydroxyl groups is 2. The second-order valence-corrected chi connectivity index (χ2v) is 3.60. The quantitative estimate of drug-likeness (QED) is 0.542. The highest BCUT2D eigenvalue weighted by Crippen LogP contribution is 2.26. The summed E-state index contributed by atoms with van der Waals surface area (Å²) in [6.45, 7) is 0.880. The molecule has 0 aliphatic carbocycles. The summed E-state index contributed by atoms with van der Waals surface area (Å²) < 4.78 is 0. The Hall–Kier alpha value is -1.26. The van der Waals surface area contributed by atoms with Crippen LogP contribution >= 0.6 is 0 Å². The van der Waals surface area contributed by atoms with Gasteiger partial charge in [-0.1, -0.05) is 12.1 Å². The maximum atomic E-state index is 9.39. The fourth-order valence-corrected chi connectivity index (χ4v) is 1.74. The third-order valence-corrected chi connectivity index (χ3v) is 2.54. The summed E-state index contributed by atoms with van der Waals surface area (Å²) in [6, 6.07) is 7.46. The van der Waals surface area contributed by atoms with Crippen LogP contribution in [-0.4, -0.2) is 35.5 Å². The summed E-state index contributed by atoms with van der Waals surface area (Å²) >= 11 is 0. The summed E-state index contributed by atoms with van der Waals surface area (Å²) in [5.41, 5.74) is 7.34. The van der Waals surface area contributed by atoms with E-state index in [4.69, 9.17) is 5.73 Å². The van der Waals surface area contributed by atoms with E-state index < -0.39 is 12.2 Å². The van der Waals surface area contributed by atoms with Crippen LogP contribution in [0.25, 0.3) is 0 Å². The largest absolute Gasteiger partial charge is 0.397 e. The molecule has 1 aromatic rings. The number of nitrogen functional groups attached to an aromatic ring is 1. The van der Waals surface area contributed by atoms with E-state index in [1.54, 1.807) is 0 Å². The van der Waals surface area contributed by atoms with Crippen molar-refractivity contribution in [2.45, 2.75) is 12.2 Å². The number of hydrogen-bond acceptors (Lipinski definition) is 4. The normalized spacial score (nSPS) is 26.9. The third-order valence-electron chi connectivity index (χ3n) is 2.54.